The van der Waals surface area contributed by atoms with E-state index in [0.29, 0.717) is 17.1 Å². The van der Waals surface area contributed by atoms with Gasteiger partial charge in [-0.1, -0.05) is 24.6 Å². The Labute approximate surface area is 123 Å². The highest BCUT2D eigenvalue weighted by Crippen LogP contribution is 2.17. The molecule has 0 aliphatic carbocycles. The van der Waals surface area contributed by atoms with Gasteiger partial charge in [-0.3, -0.25) is 4.68 Å². The van der Waals surface area contributed by atoms with Crippen LogP contribution in [0.1, 0.15) is 37.4 Å². The summed E-state index contributed by atoms with van der Waals surface area (Å²) in [7, 11) is 0. The molecule has 0 saturated heterocycles. The van der Waals surface area contributed by atoms with Crippen molar-refractivity contribution in [2.75, 3.05) is 6.54 Å². The van der Waals surface area contributed by atoms with Gasteiger partial charge in [-0.2, -0.15) is 5.10 Å². The molecule has 1 heterocycles. The van der Waals surface area contributed by atoms with Crippen LogP contribution in [0.15, 0.2) is 30.6 Å². The van der Waals surface area contributed by atoms with E-state index >= 15 is 0 Å². The van der Waals surface area contributed by atoms with E-state index < -0.39 is 0 Å². The molecule has 0 fully saturated rings. The summed E-state index contributed by atoms with van der Waals surface area (Å²) in [5, 5.41) is 8.09. The molecule has 5 heteroatoms. The molecule has 0 spiro atoms. The number of hydrogen-bond acceptors (Lipinski definition) is 2. The number of nitrogens with zero attached hydrogens (tertiary/aromatic N) is 2. The van der Waals surface area contributed by atoms with Gasteiger partial charge < -0.3 is 5.32 Å². The summed E-state index contributed by atoms with van der Waals surface area (Å²) >= 11 is 5.74. The van der Waals surface area contributed by atoms with Crippen molar-refractivity contribution >= 4 is 11.6 Å². The third kappa shape index (κ3) is 3.81. The molecular weight excluding hydrogens is 277 g/mol. The summed E-state index contributed by atoms with van der Waals surface area (Å²) in [6.07, 6.45) is 4.86. The number of rotatable bonds is 6. The lowest BCUT2D eigenvalue weighted by Gasteiger charge is -2.10. The fourth-order valence-electron chi connectivity index (χ4n) is 1.99. The number of halogens is 2. The third-order valence-corrected chi connectivity index (χ3v) is 3.44. The average Bonchev–Trinajstić information content (AvgIpc) is 2.88. The second kappa shape index (κ2) is 6.86. The molecule has 20 heavy (non-hydrogen) atoms. The number of nitrogens with one attached hydrogen (secondary N) is 1. The monoisotopic (exact) mass is 295 g/mol. The van der Waals surface area contributed by atoms with Crippen LogP contribution in [-0.4, -0.2) is 16.3 Å². The zero-order valence-corrected chi connectivity index (χ0v) is 12.5. The molecule has 0 amide bonds. The third-order valence-electron chi connectivity index (χ3n) is 3.20. The predicted octanol–water partition coefficient (Wildman–Crippen LogP) is 3.78. The van der Waals surface area contributed by atoms with E-state index in [-0.39, 0.29) is 11.9 Å². The van der Waals surface area contributed by atoms with E-state index in [1.54, 1.807) is 16.8 Å². The Kier molecular flexibility index (Phi) is 5.15. The van der Waals surface area contributed by atoms with Crippen molar-refractivity contribution in [2.24, 2.45) is 0 Å². The Balaban J connectivity index is 2.05. The molecule has 2 rings (SSSR count). The molecule has 1 atom stereocenters. The average molecular weight is 296 g/mol. The van der Waals surface area contributed by atoms with Crippen molar-refractivity contribution in [3.8, 4) is 0 Å². The van der Waals surface area contributed by atoms with Crippen LogP contribution >= 0.6 is 11.6 Å². The van der Waals surface area contributed by atoms with Crippen molar-refractivity contribution in [3.05, 3.63) is 52.6 Å². The highest BCUT2D eigenvalue weighted by molar-refractivity contribution is 6.30. The van der Waals surface area contributed by atoms with Gasteiger partial charge in [0.1, 0.15) is 5.82 Å². The molecule has 3 nitrogen and oxygen atoms in total. The van der Waals surface area contributed by atoms with Crippen LogP contribution in [-0.2, 0) is 6.54 Å². The van der Waals surface area contributed by atoms with E-state index in [4.69, 9.17) is 11.6 Å². The number of hydrogen-bond donors (Lipinski definition) is 1. The number of aromatic nitrogens is 2. The molecule has 0 aliphatic rings. The van der Waals surface area contributed by atoms with E-state index in [0.717, 1.165) is 18.5 Å². The van der Waals surface area contributed by atoms with Crippen LogP contribution in [0.3, 0.4) is 0 Å². The molecular formula is C15H19ClFN3. The zero-order valence-electron chi connectivity index (χ0n) is 11.7. The molecule has 0 aliphatic heterocycles. The first-order chi connectivity index (χ1) is 9.60. The van der Waals surface area contributed by atoms with Crippen LogP contribution in [0.4, 0.5) is 4.39 Å². The minimum absolute atomic E-state index is 0.249. The molecule has 1 aromatic carbocycles. The van der Waals surface area contributed by atoms with Gasteiger partial charge in [-0.05, 0) is 32.0 Å². The molecule has 0 bridgehead atoms. The zero-order chi connectivity index (χ0) is 14.5. The molecule has 2 aromatic rings. The second-order valence-electron chi connectivity index (χ2n) is 4.88. The first-order valence-corrected chi connectivity index (χ1v) is 7.17. The van der Waals surface area contributed by atoms with Gasteiger partial charge in [0.05, 0.1) is 12.7 Å². The molecule has 1 unspecified atom stereocenters. The van der Waals surface area contributed by atoms with Crippen LogP contribution < -0.4 is 5.32 Å². The lowest BCUT2D eigenvalue weighted by molar-refractivity contribution is 0.567. The van der Waals surface area contributed by atoms with E-state index in [1.165, 1.54) is 6.07 Å². The quantitative estimate of drug-likeness (QED) is 0.879. The van der Waals surface area contributed by atoms with E-state index in [1.807, 2.05) is 12.4 Å². The summed E-state index contributed by atoms with van der Waals surface area (Å²) in [5.74, 6) is -0.299. The standard InChI is InChI=1S/C15H19ClFN3/c1-3-6-18-11(2)13-8-19-20(10-13)9-12-4-5-14(16)7-15(12)17/h4-5,7-8,10-11,18H,3,6,9H2,1-2H3. The van der Waals surface area contributed by atoms with Gasteiger partial charge >= 0.3 is 0 Å². The molecule has 0 saturated carbocycles. The Morgan fingerprint density at radius 2 is 2.25 bits per heavy atom. The minimum atomic E-state index is -0.299. The summed E-state index contributed by atoms with van der Waals surface area (Å²) < 4.78 is 15.5. The van der Waals surface area contributed by atoms with Crippen molar-refractivity contribution in [1.82, 2.24) is 15.1 Å². The first-order valence-electron chi connectivity index (χ1n) is 6.79. The van der Waals surface area contributed by atoms with Gasteiger partial charge in [0.2, 0.25) is 0 Å². The van der Waals surface area contributed by atoms with E-state index in [9.17, 15) is 4.39 Å². The fourth-order valence-corrected chi connectivity index (χ4v) is 2.15. The Hall–Kier alpha value is -1.39. The molecule has 1 N–H and O–H groups in total. The van der Waals surface area contributed by atoms with Gasteiger partial charge in [0.25, 0.3) is 0 Å². The van der Waals surface area contributed by atoms with Crippen LogP contribution in [0.25, 0.3) is 0 Å². The normalized spacial score (nSPS) is 12.6. The van der Waals surface area contributed by atoms with Crippen molar-refractivity contribution < 1.29 is 4.39 Å². The lowest BCUT2D eigenvalue weighted by atomic mass is 10.2. The minimum Gasteiger partial charge on any atom is -0.310 e. The maximum atomic E-state index is 13.7. The first kappa shape index (κ1) is 15.0. The smallest absolute Gasteiger partial charge is 0.129 e. The second-order valence-corrected chi connectivity index (χ2v) is 5.32. The Bertz CT molecular complexity index is 568. The van der Waals surface area contributed by atoms with Crippen molar-refractivity contribution in [1.29, 1.82) is 0 Å². The molecule has 1 aromatic heterocycles. The summed E-state index contributed by atoms with van der Waals surface area (Å²) in [6, 6.07) is 4.96. The topological polar surface area (TPSA) is 29.9 Å². The summed E-state index contributed by atoms with van der Waals surface area (Å²) in [6.45, 7) is 5.61. The molecule has 0 radical (unpaired) electrons. The lowest BCUT2D eigenvalue weighted by Crippen LogP contribution is -2.18. The fraction of sp³-hybridized carbons (Fsp3) is 0.400. The largest absolute Gasteiger partial charge is 0.310 e. The Morgan fingerprint density at radius 3 is 2.95 bits per heavy atom. The van der Waals surface area contributed by atoms with Crippen LogP contribution in [0.5, 0.6) is 0 Å². The number of benzene rings is 1. The van der Waals surface area contributed by atoms with Crippen molar-refractivity contribution in [3.63, 3.8) is 0 Å². The van der Waals surface area contributed by atoms with Gasteiger partial charge in [-0.25, -0.2) is 4.39 Å². The summed E-state index contributed by atoms with van der Waals surface area (Å²) in [4.78, 5) is 0. The van der Waals surface area contributed by atoms with E-state index in [2.05, 4.69) is 24.3 Å². The van der Waals surface area contributed by atoms with Crippen LogP contribution in [0, 0.1) is 5.82 Å². The van der Waals surface area contributed by atoms with Crippen molar-refractivity contribution in [2.45, 2.75) is 32.9 Å². The highest BCUT2D eigenvalue weighted by Gasteiger charge is 2.09. The van der Waals surface area contributed by atoms with Gasteiger partial charge in [-0.15, -0.1) is 0 Å². The van der Waals surface area contributed by atoms with Crippen LogP contribution in [0.2, 0.25) is 5.02 Å². The summed E-state index contributed by atoms with van der Waals surface area (Å²) in [5.41, 5.74) is 1.69. The SMILES string of the molecule is CCCNC(C)c1cnn(Cc2ccc(Cl)cc2F)c1. The predicted molar refractivity (Wildman–Crippen MR) is 79.4 cm³/mol. The maximum absolute atomic E-state index is 13.7. The Morgan fingerprint density at radius 1 is 1.45 bits per heavy atom. The maximum Gasteiger partial charge on any atom is 0.129 e. The van der Waals surface area contributed by atoms with Gasteiger partial charge in [0.15, 0.2) is 0 Å². The highest BCUT2D eigenvalue weighted by atomic mass is 35.5. The molecule has 108 valence electrons. The van der Waals surface area contributed by atoms with Gasteiger partial charge in [0, 0.05) is 28.4 Å².